The number of carboxylic acid groups (broad SMARTS) is 1. The van der Waals surface area contributed by atoms with Crippen molar-refractivity contribution in [3.8, 4) is 5.75 Å². The van der Waals surface area contributed by atoms with Crippen LogP contribution in [0.2, 0.25) is 5.02 Å². The minimum Gasteiger partial charge on any atom is -0.449 e. The van der Waals surface area contributed by atoms with Crippen molar-refractivity contribution < 1.29 is 14.6 Å². The van der Waals surface area contributed by atoms with E-state index in [-0.39, 0.29) is 5.75 Å². The van der Waals surface area contributed by atoms with Crippen LogP contribution in [-0.2, 0) is 0 Å². The molecule has 0 spiro atoms. The second-order valence-electron chi connectivity index (χ2n) is 3.46. The van der Waals surface area contributed by atoms with E-state index in [2.05, 4.69) is 9.72 Å². The number of ether oxygens (including phenoxy) is 1. The molecule has 0 atom stereocenters. The van der Waals surface area contributed by atoms with Crippen LogP contribution in [0.3, 0.4) is 0 Å². The van der Waals surface area contributed by atoms with Crippen LogP contribution < -0.4 is 10.2 Å². The molecule has 0 saturated carbocycles. The Labute approximate surface area is 101 Å². The summed E-state index contributed by atoms with van der Waals surface area (Å²) < 4.78 is 4.38. The molecule has 88 valence electrons. The summed E-state index contributed by atoms with van der Waals surface area (Å²) in [5.74, 6) is -0.268. The molecular formula is C11H8ClNO4. The fourth-order valence-corrected chi connectivity index (χ4v) is 1.82. The van der Waals surface area contributed by atoms with Gasteiger partial charge < -0.3 is 14.8 Å². The third kappa shape index (κ3) is 1.97. The summed E-state index contributed by atoms with van der Waals surface area (Å²) in [4.78, 5) is 25.1. The summed E-state index contributed by atoms with van der Waals surface area (Å²) in [5.41, 5.74) is 0.664. The van der Waals surface area contributed by atoms with Crippen molar-refractivity contribution >= 4 is 28.7 Å². The molecule has 0 bridgehead atoms. The van der Waals surface area contributed by atoms with Gasteiger partial charge in [0.15, 0.2) is 5.75 Å². The Bertz CT molecular complexity index is 662. The number of fused-ring (bicyclic) bond motifs is 1. The Morgan fingerprint density at radius 3 is 2.82 bits per heavy atom. The summed E-state index contributed by atoms with van der Waals surface area (Å²) in [5, 5.41) is 9.21. The minimum atomic E-state index is -1.53. The van der Waals surface area contributed by atoms with Gasteiger partial charge in [0.1, 0.15) is 0 Å². The smallest absolute Gasteiger partial charge is 0.449 e. The lowest BCUT2D eigenvalue weighted by molar-refractivity contribution is 0.144. The van der Waals surface area contributed by atoms with Crippen molar-refractivity contribution in [1.29, 1.82) is 0 Å². The van der Waals surface area contributed by atoms with Gasteiger partial charge in [-0.1, -0.05) is 17.7 Å². The van der Waals surface area contributed by atoms with Crippen LogP contribution >= 0.6 is 11.6 Å². The second-order valence-corrected chi connectivity index (χ2v) is 3.87. The summed E-state index contributed by atoms with van der Waals surface area (Å²) in [6, 6.07) is 3.34. The number of carbonyl (C=O) groups is 1. The molecule has 1 aromatic carbocycles. The summed E-state index contributed by atoms with van der Waals surface area (Å²) in [6.07, 6.45) is -0.348. The largest absolute Gasteiger partial charge is 0.511 e. The SMILES string of the molecule is Cc1ccc(Cl)c2[nH]cc(OC(=O)O)c(=O)c12. The molecule has 17 heavy (non-hydrogen) atoms. The predicted molar refractivity (Wildman–Crippen MR) is 63.0 cm³/mol. The van der Waals surface area contributed by atoms with Crippen molar-refractivity contribution in [2.24, 2.45) is 0 Å². The first-order valence-electron chi connectivity index (χ1n) is 4.72. The zero-order chi connectivity index (χ0) is 12.6. The third-order valence-corrected chi connectivity index (χ3v) is 2.67. The molecule has 1 aromatic heterocycles. The number of halogens is 1. The first-order chi connectivity index (χ1) is 8.00. The average Bonchev–Trinajstić information content (AvgIpc) is 2.26. The standard InChI is InChI=1S/C11H8ClNO4/c1-5-2-3-6(12)9-8(5)10(14)7(4-13-9)17-11(15)16/h2-4H,1H3,(H,13,14)(H,15,16). The number of H-pyrrole nitrogens is 1. The average molecular weight is 254 g/mol. The predicted octanol–water partition coefficient (Wildman–Crippen LogP) is 2.55. The van der Waals surface area contributed by atoms with Crippen LogP contribution in [0, 0.1) is 6.92 Å². The van der Waals surface area contributed by atoms with Gasteiger partial charge in [-0.3, -0.25) is 4.79 Å². The highest BCUT2D eigenvalue weighted by Crippen LogP contribution is 2.23. The molecular weight excluding hydrogens is 246 g/mol. The highest BCUT2D eigenvalue weighted by molar-refractivity contribution is 6.35. The molecule has 1 heterocycles. The molecule has 2 aromatic rings. The molecule has 5 nitrogen and oxygen atoms in total. The number of nitrogens with one attached hydrogen (secondary N) is 1. The summed E-state index contributed by atoms with van der Waals surface area (Å²) in [7, 11) is 0. The van der Waals surface area contributed by atoms with E-state index in [9.17, 15) is 9.59 Å². The minimum absolute atomic E-state index is 0.268. The number of aromatic amines is 1. The van der Waals surface area contributed by atoms with E-state index in [1.54, 1.807) is 19.1 Å². The van der Waals surface area contributed by atoms with Gasteiger partial charge in [0.25, 0.3) is 0 Å². The van der Waals surface area contributed by atoms with E-state index < -0.39 is 11.6 Å². The van der Waals surface area contributed by atoms with Crippen molar-refractivity contribution in [1.82, 2.24) is 4.98 Å². The zero-order valence-corrected chi connectivity index (χ0v) is 9.54. The molecule has 0 aliphatic heterocycles. The fraction of sp³-hybridized carbons (Fsp3) is 0.0909. The molecule has 2 rings (SSSR count). The lowest BCUT2D eigenvalue weighted by atomic mass is 10.1. The first kappa shape index (κ1) is 11.5. The van der Waals surface area contributed by atoms with E-state index in [1.165, 1.54) is 6.20 Å². The molecule has 0 unspecified atom stereocenters. The van der Waals surface area contributed by atoms with Crippen LogP contribution in [0.4, 0.5) is 4.79 Å². The number of rotatable bonds is 1. The molecule has 0 aliphatic carbocycles. The number of pyridine rings is 1. The highest BCUT2D eigenvalue weighted by atomic mass is 35.5. The summed E-state index contributed by atoms with van der Waals surface area (Å²) in [6.45, 7) is 1.73. The van der Waals surface area contributed by atoms with Gasteiger partial charge in [-0.05, 0) is 18.6 Å². The van der Waals surface area contributed by atoms with Crippen LogP contribution in [0.15, 0.2) is 23.1 Å². The van der Waals surface area contributed by atoms with Gasteiger partial charge in [-0.15, -0.1) is 0 Å². The van der Waals surface area contributed by atoms with Crippen molar-refractivity contribution in [3.05, 3.63) is 39.1 Å². The van der Waals surface area contributed by atoms with Gasteiger partial charge in [0.2, 0.25) is 5.43 Å². The van der Waals surface area contributed by atoms with Crippen molar-refractivity contribution in [2.45, 2.75) is 6.92 Å². The highest BCUT2D eigenvalue weighted by Gasteiger charge is 2.12. The molecule has 0 amide bonds. The monoisotopic (exact) mass is 253 g/mol. The Morgan fingerprint density at radius 2 is 2.18 bits per heavy atom. The first-order valence-corrected chi connectivity index (χ1v) is 5.10. The Hall–Kier alpha value is -2.01. The Balaban J connectivity index is 2.80. The lowest BCUT2D eigenvalue weighted by Crippen LogP contribution is -2.14. The van der Waals surface area contributed by atoms with E-state index in [0.717, 1.165) is 0 Å². The molecule has 6 heteroatoms. The number of hydrogen-bond donors (Lipinski definition) is 2. The maximum absolute atomic E-state index is 12.0. The van der Waals surface area contributed by atoms with Crippen LogP contribution in [-0.4, -0.2) is 16.2 Å². The van der Waals surface area contributed by atoms with Gasteiger partial charge in [0, 0.05) is 6.20 Å². The van der Waals surface area contributed by atoms with Crippen LogP contribution in [0.25, 0.3) is 10.9 Å². The quantitative estimate of drug-likeness (QED) is 0.766. The van der Waals surface area contributed by atoms with E-state index in [4.69, 9.17) is 16.7 Å². The van der Waals surface area contributed by atoms with E-state index in [1.807, 2.05) is 0 Å². The fourth-order valence-electron chi connectivity index (χ4n) is 1.61. The number of benzene rings is 1. The molecule has 0 saturated heterocycles. The second kappa shape index (κ2) is 4.10. The van der Waals surface area contributed by atoms with Crippen LogP contribution in [0.5, 0.6) is 5.75 Å². The topological polar surface area (TPSA) is 79.4 Å². The summed E-state index contributed by atoms with van der Waals surface area (Å²) >= 11 is 5.93. The van der Waals surface area contributed by atoms with E-state index in [0.29, 0.717) is 21.5 Å². The Morgan fingerprint density at radius 1 is 1.47 bits per heavy atom. The maximum Gasteiger partial charge on any atom is 0.511 e. The van der Waals surface area contributed by atoms with Crippen molar-refractivity contribution in [2.75, 3.05) is 0 Å². The third-order valence-electron chi connectivity index (χ3n) is 2.36. The molecule has 2 N–H and O–H groups in total. The Kier molecular flexibility index (Phi) is 2.77. The van der Waals surface area contributed by atoms with Crippen LogP contribution in [0.1, 0.15) is 5.56 Å². The molecule has 0 fully saturated rings. The normalized spacial score (nSPS) is 10.5. The molecule has 0 radical (unpaired) electrons. The van der Waals surface area contributed by atoms with Gasteiger partial charge in [-0.2, -0.15) is 0 Å². The van der Waals surface area contributed by atoms with Gasteiger partial charge >= 0.3 is 6.16 Å². The zero-order valence-electron chi connectivity index (χ0n) is 8.78. The van der Waals surface area contributed by atoms with Crippen molar-refractivity contribution in [3.63, 3.8) is 0 Å². The van der Waals surface area contributed by atoms with E-state index >= 15 is 0 Å². The number of hydrogen-bond acceptors (Lipinski definition) is 3. The maximum atomic E-state index is 12.0. The lowest BCUT2D eigenvalue weighted by Gasteiger charge is -2.05. The number of aryl methyl sites for hydroxylation is 1. The molecule has 0 aliphatic rings. The van der Waals surface area contributed by atoms with Gasteiger partial charge in [0.05, 0.1) is 15.9 Å². The van der Waals surface area contributed by atoms with Gasteiger partial charge in [-0.25, -0.2) is 4.79 Å². The number of aromatic nitrogens is 1.